The van der Waals surface area contributed by atoms with Crippen LogP contribution in [0.2, 0.25) is 5.04 Å². The zero-order chi connectivity index (χ0) is 23.8. The van der Waals surface area contributed by atoms with Crippen LogP contribution in [0.15, 0.2) is 72.8 Å². The van der Waals surface area contributed by atoms with E-state index >= 15 is 0 Å². The molecule has 2 aromatic carbocycles. The summed E-state index contributed by atoms with van der Waals surface area (Å²) in [5, 5.41) is 13.3. The maximum absolute atomic E-state index is 11.3. The van der Waals surface area contributed by atoms with Crippen LogP contribution in [0, 0.1) is 11.8 Å². The van der Waals surface area contributed by atoms with E-state index in [1.54, 1.807) is 6.08 Å². The Balaban J connectivity index is 2.28. The largest absolute Gasteiger partial charge is 0.469 e. The van der Waals surface area contributed by atoms with Gasteiger partial charge in [-0.05, 0) is 15.4 Å². The van der Waals surface area contributed by atoms with E-state index in [4.69, 9.17) is 4.43 Å². The number of aliphatic hydroxyl groups is 1. The average molecular weight is 455 g/mol. The van der Waals surface area contributed by atoms with E-state index in [1.165, 1.54) is 17.5 Å². The predicted molar refractivity (Wildman–Crippen MR) is 134 cm³/mol. The summed E-state index contributed by atoms with van der Waals surface area (Å²) in [6.45, 7) is 11.2. The Kier molecular flexibility index (Phi) is 9.43. The first kappa shape index (κ1) is 26.0. The molecule has 0 saturated heterocycles. The highest BCUT2D eigenvalue weighted by molar-refractivity contribution is 6.99. The van der Waals surface area contributed by atoms with Gasteiger partial charge in [-0.3, -0.25) is 4.79 Å². The molecule has 5 heteroatoms. The minimum atomic E-state index is -2.63. The Morgan fingerprint density at radius 1 is 1.00 bits per heavy atom. The number of benzene rings is 2. The highest BCUT2D eigenvalue weighted by Crippen LogP contribution is 2.37. The zero-order valence-electron chi connectivity index (χ0n) is 20.2. The molecule has 0 radical (unpaired) electrons. The fourth-order valence-electron chi connectivity index (χ4n) is 4.21. The van der Waals surface area contributed by atoms with E-state index in [0.717, 1.165) is 0 Å². The number of hydrogen-bond acceptors (Lipinski definition) is 4. The van der Waals surface area contributed by atoms with Gasteiger partial charge in [-0.15, -0.1) is 0 Å². The van der Waals surface area contributed by atoms with Crippen LogP contribution in [0.5, 0.6) is 0 Å². The van der Waals surface area contributed by atoms with Crippen LogP contribution in [0.25, 0.3) is 0 Å². The molecule has 0 unspecified atom stereocenters. The third kappa shape index (κ3) is 6.18. The molecule has 4 nitrogen and oxygen atoms in total. The van der Waals surface area contributed by atoms with Gasteiger partial charge in [-0.25, -0.2) is 0 Å². The van der Waals surface area contributed by atoms with Gasteiger partial charge in [-0.2, -0.15) is 0 Å². The molecule has 0 bridgehead atoms. The van der Waals surface area contributed by atoms with Crippen molar-refractivity contribution < 1.29 is 19.1 Å². The van der Waals surface area contributed by atoms with E-state index in [1.807, 2.05) is 32.1 Å². The quantitative estimate of drug-likeness (QED) is 0.330. The lowest BCUT2D eigenvalue weighted by Gasteiger charge is -2.44. The number of esters is 1. The summed E-state index contributed by atoms with van der Waals surface area (Å²) in [5.74, 6) is -0.460. The van der Waals surface area contributed by atoms with Gasteiger partial charge in [-0.1, -0.05) is 107 Å². The number of carbonyl (C=O) groups is 1. The zero-order valence-corrected chi connectivity index (χ0v) is 21.2. The first-order chi connectivity index (χ1) is 15.1. The lowest BCUT2D eigenvalue weighted by molar-refractivity contribution is -0.139. The molecule has 0 spiro atoms. The van der Waals surface area contributed by atoms with Crippen molar-refractivity contribution >= 4 is 24.7 Å². The Bertz CT molecular complexity index is 819. The molecule has 3 atom stereocenters. The predicted octanol–water partition coefficient (Wildman–Crippen LogP) is 4.32. The number of ether oxygens (including phenoxy) is 1. The SMILES string of the molecule is COC(=O)C/C=C/[C@@H](C)[C@H](O)[C@H](C)CO[Si](c1ccccc1)(c1ccccc1)C(C)(C)C. The lowest BCUT2D eigenvalue weighted by atomic mass is 9.93. The molecular formula is C27H38O4Si. The molecule has 0 fully saturated rings. The van der Waals surface area contributed by atoms with E-state index in [-0.39, 0.29) is 29.3 Å². The second-order valence-electron chi connectivity index (χ2n) is 9.51. The first-order valence-corrected chi connectivity index (χ1v) is 13.2. The van der Waals surface area contributed by atoms with Crippen molar-refractivity contribution in [2.24, 2.45) is 11.8 Å². The molecule has 2 rings (SSSR count). The maximum atomic E-state index is 11.3. The number of carbonyl (C=O) groups excluding carboxylic acids is 1. The summed E-state index contributed by atoms with van der Waals surface area (Å²) < 4.78 is 11.6. The molecule has 0 saturated carbocycles. The minimum absolute atomic E-state index is 0.0746. The second kappa shape index (κ2) is 11.6. The van der Waals surface area contributed by atoms with Crippen molar-refractivity contribution in [1.29, 1.82) is 0 Å². The van der Waals surface area contributed by atoms with Crippen LogP contribution in [0.1, 0.15) is 41.0 Å². The monoisotopic (exact) mass is 454 g/mol. The average Bonchev–Trinajstić information content (AvgIpc) is 2.79. The first-order valence-electron chi connectivity index (χ1n) is 11.3. The summed E-state index contributed by atoms with van der Waals surface area (Å²) >= 11 is 0. The Morgan fingerprint density at radius 3 is 1.94 bits per heavy atom. The Hall–Kier alpha value is -2.21. The molecule has 0 aliphatic rings. The van der Waals surface area contributed by atoms with Crippen molar-refractivity contribution in [3.8, 4) is 0 Å². The van der Waals surface area contributed by atoms with Gasteiger partial charge in [0.05, 0.1) is 19.6 Å². The summed E-state index contributed by atoms with van der Waals surface area (Å²) in [4.78, 5) is 11.3. The van der Waals surface area contributed by atoms with Crippen molar-refractivity contribution in [2.45, 2.75) is 52.2 Å². The molecular weight excluding hydrogens is 416 g/mol. The van der Waals surface area contributed by atoms with E-state index < -0.39 is 14.4 Å². The minimum Gasteiger partial charge on any atom is -0.469 e. The van der Waals surface area contributed by atoms with E-state index in [2.05, 4.69) is 74.0 Å². The maximum Gasteiger partial charge on any atom is 0.309 e. The van der Waals surface area contributed by atoms with Gasteiger partial charge < -0.3 is 14.3 Å². The number of aliphatic hydroxyl groups excluding tert-OH is 1. The molecule has 0 aliphatic heterocycles. The third-order valence-electron chi connectivity index (χ3n) is 6.05. The smallest absolute Gasteiger partial charge is 0.309 e. The van der Waals surface area contributed by atoms with Crippen molar-refractivity contribution in [2.75, 3.05) is 13.7 Å². The van der Waals surface area contributed by atoms with Gasteiger partial charge in [0.2, 0.25) is 0 Å². The second-order valence-corrected chi connectivity index (χ2v) is 13.8. The molecule has 2 aromatic rings. The molecule has 0 aliphatic carbocycles. The summed E-state index contributed by atoms with van der Waals surface area (Å²) in [5.41, 5.74) is 0. The number of rotatable bonds is 10. The van der Waals surface area contributed by atoms with Gasteiger partial charge >= 0.3 is 5.97 Å². The molecule has 1 N–H and O–H groups in total. The van der Waals surface area contributed by atoms with Crippen molar-refractivity contribution in [1.82, 2.24) is 0 Å². The van der Waals surface area contributed by atoms with Crippen LogP contribution in [-0.4, -0.2) is 39.2 Å². The number of methoxy groups -OCH3 is 1. The van der Waals surface area contributed by atoms with Gasteiger partial charge in [0.1, 0.15) is 0 Å². The molecule has 0 heterocycles. The third-order valence-corrected chi connectivity index (χ3v) is 11.1. The Labute approximate surface area is 194 Å². The molecule has 0 amide bonds. The van der Waals surface area contributed by atoms with Crippen LogP contribution in [-0.2, 0) is 14.0 Å². The van der Waals surface area contributed by atoms with Crippen LogP contribution < -0.4 is 10.4 Å². The lowest BCUT2D eigenvalue weighted by Crippen LogP contribution is -2.67. The Morgan fingerprint density at radius 2 is 1.50 bits per heavy atom. The molecule has 174 valence electrons. The van der Waals surface area contributed by atoms with Crippen LogP contribution in [0.4, 0.5) is 0 Å². The highest BCUT2D eigenvalue weighted by atomic mass is 28.4. The number of hydrogen-bond donors (Lipinski definition) is 1. The van der Waals surface area contributed by atoms with Crippen molar-refractivity contribution in [3.63, 3.8) is 0 Å². The standard InChI is InChI=1S/C27H38O4Si/c1-21(14-13-19-25(28)30-6)26(29)22(2)20-31-32(27(3,4)5,23-15-9-7-10-16-23)24-17-11-8-12-18-24/h7-18,21-22,26,29H,19-20H2,1-6H3/b14-13+/t21-,22-,26+/m1/s1. The summed E-state index contributed by atoms with van der Waals surface area (Å²) in [7, 11) is -1.25. The fourth-order valence-corrected chi connectivity index (χ4v) is 8.88. The molecule has 0 aromatic heterocycles. The summed E-state index contributed by atoms with van der Waals surface area (Å²) in [6, 6.07) is 21.0. The van der Waals surface area contributed by atoms with Crippen LogP contribution in [0.3, 0.4) is 0 Å². The van der Waals surface area contributed by atoms with Gasteiger partial charge in [0, 0.05) is 18.4 Å². The van der Waals surface area contributed by atoms with Crippen molar-refractivity contribution in [3.05, 3.63) is 72.8 Å². The van der Waals surface area contributed by atoms with E-state index in [9.17, 15) is 9.90 Å². The topological polar surface area (TPSA) is 55.8 Å². The fraction of sp³-hybridized carbons (Fsp3) is 0.444. The normalized spacial score (nSPS) is 15.3. The van der Waals surface area contributed by atoms with E-state index in [0.29, 0.717) is 6.61 Å². The van der Waals surface area contributed by atoms with Gasteiger partial charge in [0.25, 0.3) is 8.32 Å². The molecule has 32 heavy (non-hydrogen) atoms. The highest BCUT2D eigenvalue weighted by Gasteiger charge is 2.50. The van der Waals surface area contributed by atoms with Crippen LogP contribution >= 0.6 is 0 Å². The summed E-state index contributed by atoms with van der Waals surface area (Å²) in [6.07, 6.45) is 3.26. The van der Waals surface area contributed by atoms with Gasteiger partial charge in [0.15, 0.2) is 0 Å².